The lowest BCUT2D eigenvalue weighted by Crippen LogP contribution is -2.44. The van der Waals surface area contributed by atoms with Crippen molar-refractivity contribution in [3.63, 3.8) is 0 Å². The van der Waals surface area contributed by atoms with E-state index in [2.05, 4.69) is 74.3 Å². The second-order valence-corrected chi connectivity index (χ2v) is 21.6. The molecule has 0 aromatic carbocycles. The molecule has 1 heterocycles. The van der Waals surface area contributed by atoms with E-state index in [4.69, 9.17) is 13.3 Å². The molecule has 1 unspecified atom stereocenters. The van der Waals surface area contributed by atoms with Gasteiger partial charge in [-0.1, -0.05) is 53.7 Å². The van der Waals surface area contributed by atoms with Crippen molar-refractivity contribution in [2.75, 3.05) is 6.61 Å². The summed E-state index contributed by atoms with van der Waals surface area (Å²) in [6, 6.07) is 3.66. The Morgan fingerprint density at radius 3 is 2.00 bits per heavy atom. The molecule has 0 bridgehead atoms. The van der Waals surface area contributed by atoms with Crippen molar-refractivity contribution in [3.8, 4) is 0 Å². The van der Waals surface area contributed by atoms with Crippen LogP contribution in [-0.4, -0.2) is 34.5 Å². The zero-order valence-corrected chi connectivity index (χ0v) is 24.0. The van der Waals surface area contributed by atoms with Gasteiger partial charge in [-0.25, -0.2) is 0 Å². The lowest BCUT2D eigenvalue weighted by molar-refractivity contribution is 0.0423. The summed E-state index contributed by atoms with van der Waals surface area (Å²) in [5, 5.41) is 11.3. The number of furan rings is 1. The molecule has 0 aliphatic carbocycles. The van der Waals surface area contributed by atoms with Crippen molar-refractivity contribution in [2.24, 2.45) is 5.92 Å². The molecule has 4 nitrogen and oxygen atoms in total. The summed E-state index contributed by atoms with van der Waals surface area (Å²) in [5.74, 6) is 0.533. The molecule has 1 N–H and O–H groups in total. The van der Waals surface area contributed by atoms with Crippen LogP contribution < -0.4 is 0 Å². The van der Waals surface area contributed by atoms with Gasteiger partial charge in [-0.05, 0) is 68.2 Å². The summed E-state index contributed by atoms with van der Waals surface area (Å²) in [7, 11) is -3.85. The van der Waals surface area contributed by atoms with Crippen molar-refractivity contribution in [3.05, 3.63) is 36.3 Å². The number of hydrogen-bond donors (Lipinski definition) is 1. The highest BCUT2D eigenvalue weighted by molar-refractivity contribution is 6.74. The summed E-state index contributed by atoms with van der Waals surface area (Å²) in [6.07, 6.45) is 2.49. The fourth-order valence-electron chi connectivity index (χ4n) is 2.86. The molecule has 0 spiro atoms. The Hall–Kier alpha value is -0.666. The highest BCUT2D eigenvalue weighted by Gasteiger charge is 2.40. The molecule has 0 amide bonds. The fraction of sp³-hybridized carbons (Fsp3) is 0.760. The number of rotatable bonds is 11. The van der Waals surface area contributed by atoms with Crippen LogP contribution in [0.5, 0.6) is 0 Å². The topological polar surface area (TPSA) is 51.8 Å². The summed E-state index contributed by atoms with van der Waals surface area (Å²) in [6.45, 7) is 29.3. The maximum atomic E-state index is 11.1. The Labute approximate surface area is 193 Å². The van der Waals surface area contributed by atoms with Crippen LogP contribution in [0.1, 0.15) is 73.2 Å². The van der Waals surface area contributed by atoms with Gasteiger partial charge >= 0.3 is 0 Å². The molecule has 0 saturated heterocycles. The van der Waals surface area contributed by atoms with Crippen LogP contribution in [0.2, 0.25) is 36.3 Å². The summed E-state index contributed by atoms with van der Waals surface area (Å²) in [4.78, 5) is 0. The summed E-state index contributed by atoms with van der Waals surface area (Å²) in [5.41, 5.74) is 1.04. The minimum Gasteiger partial charge on any atom is -0.467 e. The standard InChI is InChI=1S/C25H48O4Si2/c1-19(2)21(29-31(11,12)25(6,7)8)16-15-20(23(26)22-14-13-17-27-22)18-28-30(9,10)24(3,4)5/h13-14,17,20-21,23,26H,1,15-16,18H2,2-12H3/t20-,21+,23?/m1/s1. The van der Waals surface area contributed by atoms with Crippen molar-refractivity contribution < 1.29 is 18.4 Å². The van der Waals surface area contributed by atoms with Crippen LogP contribution in [-0.2, 0) is 8.85 Å². The lowest BCUT2D eigenvalue weighted by atomic mass is 9.93. The van der Waals surface area contributed by atoms with Crippen LogP contribution in [0.3, 0.4) is 0 Å². The third-order valence-electron chi connectivity index (χ3n) is 7.34. The van der Waals surface area contributed by atoms with Crippen molar-refractivity contribution in [1.29, 1.82) is 0 Å². The van der Waals surface area contributed by atoms with E-state index in [1.54, 1.807) is 6.26 Å². The van der Waals surface area contributed by atoms with E-state index < -0.39 is 22.7 Å². The van der Waals surface area contributed by atoms with Crippen molar-refractivity contribution in [2.45, 2.75) is 110 Å². The minimum atomic E-state index is -1.92. The molecule has 31 heavy (non-hydrogen) atoms. The number of hydrogen-bond acceptors (Lipinski definition) is 4. The minimum absolute atomic E-state index is 0.0138. The molecule has 3 atom stereocenters. The molecule has 0 fully saturated rings. The smallest absolute Gasteiger partial charge is 0.192 e. The van der Waals surface area contributed by atoms with Gasteiger partial charge in [-0.3, -0.25) is 0 Å². The average Bonchev–Trinajstić information content (AvgIpc) is 3.12. The predicted molar refractivity (Wildman–Crippen MR) is 136 cm³/mol. The Balaban J connectivity index is 2.98. The van der Waals surface area contributed by atoms with Gasteiger partial charge in [-0.15, -0.1) is 0 Å². The normalized spacial score (nSPS) is 16.8. The first-order chi connectivity index (χ1) is 13.9. The Kier molecular flexibility index (Phi) is 9.62. The molecular weight excluding hydrogens is 420 g/mol. The van der Waals surface area contributed by atoms with Crippen molar-refractivity contribution >= 4 is 16.6 Å². The van der Waals surface area contributed by atoms with Gasteiger partial charge in [0.25, 0.3) is 0 Å². The van der Waals surface area contributed by atoms with Gasteiger partial charge in [0.15, 0.2) is 16.6 Å². The second-order valence-electron chi connectivity index (χ2n) is 12.1. The van der Waals surface area contributed by atoms with Gasteiger partial charge < -0.3 is 18.4 Å². The van der Waals surface area contributed by atoms with Gasteiger partial charge in [-0.2, -0.15) is 0 Å². The van der Waals surface area contributed by atoms with Gasteiger partial charge in [0.2, 0.25) is 0 Å². The second kappa shape index (κ2) is 10.5. The molecule has 1 rings (SSSR count). The highest BCUT2D eigenvalue weighted by atomic mass is 28.4. The maximum Gasteiger partial charge on any atom is 0.192 e. The Bertz CT molecular complexity index is 681. The largest absolute Gasteiger partial charge is 0.467 e. The monoisotopic (exact) mass is 468 g/mol. The highest BCUT2D eigenvalue weighted by Crippen LogP contribution is 2.40. The molecule has 0 radical (unpaired) electrons. The number of aliphatic hydroxyl groups is 1. The van der Waals surface area contributed by atoms with Gasteiger partial charge in [0, 0.05) is 12.5 Å². The van der Waals surface area contributed by atoms with E-state index in [0.29, 0.717) is 12.4 Å². The zero-order valence-electron chi connectivity index (χ0n) is 22.0. The summed E-state index contributed by atoms with van der Waals surface area (Å²) < 4.78 is 18.7. The summed E-state index contributed by atoms with van der Waals surface area (Å²) >= 11 is 0. The fourth-order valence-corrected chi connectivity index (χ4v) is 5.31. The van der Waals surface area contributed by atoms with E-state index >= 15 is 0 Å². The average molecular weight is 469 g/mol. The quantitative estimate of drug-likeness (QED) is 0.267. The Morgan fingerprint density at radius 1 is 1.03 bits per heavy atom. The van der Waals surface area contributed by atoms with E-state index in [-0.39, 0.29) is 22.1 Å². The van der Waals surface area contributed by atoms with Gasteiger partial charge in [0.05, 0.1) is 12.4 Å². The molecule has 0 aliphatic heterocycles. The van der Waals surface area contributed by atoms with Crippen molar-refractivity contribution in [1.82, 2.24) is 0 Å². The SMILES string of the molecule is C=C(C)[C@H](CC[C@H](CO[Si](C)(C)C(C)(C)C)C(O)c1ccco1)O[Si](C)(C)C(C)(C)C. The molecule has 0 aliphatic rings. The van der Waals surface area contributed by atoms with E-state index in [9.17, 15) is 5.11 Å². The van der Waals surface area contributed by atoms with Crippen LogP contribution in [0, 0.1) is 5.92 Å². The molecule has 1 aromatic rings. The van der Waals surface area contributed by atoms with Crippen LogP contribution in [0.15, 0.2) is 35.0 Å². The first-order valence-corrected chi connectivity index (χ1v) is 17.4. The number of aliphatic hydroxyl groups excluding tert-OH is 1. The van der Waals surface area contributed by atoms with E-state index in [1.807, 2.05) is 19.1 Å². The Morgan fingerprint density at radius 2 is 1.58 bits per heavy atom. The van der Waals surface area contributed by atoms with E-state index in [0.717, 1.165) is 18.4 Å². The van der Waals surface area contributed by atoms with E-state index in [1.165, 1.54) is 0 Å². The van der Waals surface area contributed by atoms with Crippen LogP contribution >= 0.6 is 0 Å². The maximum absolute atomic E-state index is 11.1. The van der Waals surface area contributed by atoms with Gasteiger partial charge in [0.1, 0.15) is 11.9 Å². The zero-order chi connectivity index (χ0) is 24.3. The van der Waals surface area contributed by atoms with Crippen LogP contribution in [0.4, 0.5) is 0 Å². The molecule has 0 saturated carbocycles. The van der Waals surface area contributed by atoms with Crippen LogP contribution in [0.25, 0.3) is 0 Å². The molecule has 6 heteroatoms. The first kappa shape index (κ1) is 28.4. The predicted octanol–water partition coefficient (Wildman–Crippen LogP) is 7.70. The molecular formula is C25H48O4Si2. The lowest BCUT2D eigenvalue weighted by Gasteiger charge is -2.40. The molecule has 1 aromatic heterocycles. The third-order valence-corrected chi connectivity index (χ3v) is 16.3. The first-order valence-electron chi connectivity index (χ1n) is 11.6. The molecule has 180 valence electrons. The third kappa shape index (κ3) is 8.00.